The quantitative estimate of drug-likeness (QED) is 0.207. The van der Waals surface area contributed by atoms with E-state index >= 15 is 0 Å². The Balaban J connectivity index is 1.94. The number of benzene rings is 2. The number of carbonyl (C=O) groups excluding carboxylic acids is 3. The highest BCUT2D eigenvalue weighted by Gasteiger charge is 2.48. The molecule has 1 aliphatic rings. The minimum absolute atomic E-state index is 0.0899. The maximum absolute atomic E-state index is 13.2. The molecular weight excluding hydrogens is 532 g/mol. The molecule has 0 bridgehead atoms. The van der Waals surface area contributed by atoms with Gasteiger partial charge in [-0.15, -0.1) is 0 Å². The number of Topliss-reactive ketones (excluding diaryl/α,β-unsaturated/α-hetero) is 1. The van der Waals surface area contributed by atoms with Crippen molar-refractivity contribution in [2.75, 3.05) is 12.0 Å². The molecule has 0 aliphatic carbocycles. The minimum atomic E-state index is -0.964. The molecule has 0 unspecified atom stereocenters. The molecule has 10 heteroatoms. The first kappa shape index (κ1) is 23.2. The van der Waals surface area contributed by atoms with E-state index in [1.54, 1.807) is 55.5 Å². The number of amides is 1. The number of aliphatic hydroxyl groups is 1. The summed E-state index contributed by atoms with van der Waals surface area (Å²) in [5.74, 6) is -2.65. The number of methoxy groups -OCH3 is 1. The van der Waals surface area contributed by atoms with Gasteiger partial charge in [0.2, 0.25) is 0 Å². The van der Waals surface area contributed by atoms with Crippen LogP contribution in [-0.4, -0.2) is 34.9 Å². The third-order valence-electron chi connectivity index (χ3n) is 5.09. The number of aryl methyl sites for hydroxylation is 1. The first-order valence-corrected chi connectivity index (χ1v) is 11.6. The van der Waals surface area contributed by atoms with Crippen molar-refractivity contribution in [3.8, 4) is 0 Å². The van der Waals surface area contributed by atoms with E-state index in [0.29, 0.717) is 21.8 Å². The normalized spacial score (nSPS) is 17.5. The Hall–Kier alpha value is -3.01. The Morgan fingerprint density at radius 1 is 1.21 bits per heavy atom. The van der Waals surface area contributed by atoms with Crippen molar-refractivity contribution in [1.29, 1.82) is 0 Å². The van der Waals surface area contributed by atoms with Crippen LogP contribution in [0.4, 0.5) is 5.13 Å². The van der Waals surface area contributed by atoms with Crippen LogP contribution in [-0.2, 0) is 14.3 Å². The second-order valence-corrected chi connectivity index (χ2v) is 9.46. The van der Waals surface area contributed by atoms with E-state index in [-0.39, 0.29) is 21.3 Å². The van der Waals surface area contributed by atoms with Crippen LogP contribution >= 0.6 is 38.9 Å². The molecule has 1 aliphatic heterocycles. The van der Waals surface area contributed by atoms with E-state index in [0.717, 1.165) is 15.8 Å². The van der Waals surface area contributed by atoms with Gasteiger partial charge < -0.3 is 9.84 Å². The highest BCUT2D eigenvalue weighted by molar-refractivity contribution is 9.10. The third kappa shape index (κ3) is 4.19. The zero-order valence-corrected chi connectivity index (χ0v) is 20.5. The van der Waals surface area contributed by atoms with Crippen LogP contribution in [0.25, 0.3) is 5.76 Å². The Morgan fingerprint density at radius 3 is 2.55 bits per heavy atom. The smallest absolute Gasteiger partial charge is 0.350 e. The summed E-state index contributed by atoms with van der Waals surface area (Å²) in [5, 5.41) is 11.7. The molecule has 1 atom stereocenters. The second kappa shape index (κ2) is 9.09. The fraction of sp³-hybridized carbons (Fsp3) is 0.130. The van der Waals surface area contributed by atoms with Crippen molar-refractivity contribution in [2.24, 2.45) is 0 Å². The number of hydrogen-bond donors (Lipinski definition) is 1. The number of ether oxygens (including phenoxy) is 1. The fourth-order valence-corrected chi connectivity index (χ4v) is 5.11. The lowest BCUT2D eigenvalue weighted by Gasteiger charge is -2.23. The monoisotopic (exact) mass is 546 g/mol. The van der Waals surface area contributed by atoms with Gasteiger partial charge in [0.05, 0.1) is 24.4 Å². The van der Waals surface area contributed by atoms with Crippen molar-refractivity contribution >= 4 is 67.4 Å². The molecule has 1 fully saturated rings. The minimum Gasteiger partial charge on any atom is -0.507 e. The molecule has 0 spiro atoms. The molecule has 0 radical (unpaired) electrons. The average molecular weight is 548 g/mol. The number of hydrogen-bond acceptors (Lipinski definition) is 7. The number of aliphatic hydroxyl groups excluding tert-OH is 1. The molecule has 1 N–H and O–H groups in total. The second-order valence-electron chi connectivity index (χ2n) is 7.13. The zero-order valence-electron chi connectivity index (χ0n) is 17.3. The summed E-state index contributed by atoms with van der Waals surface area (Å²) in [6.45, 7) is 1.62. The summed E-state index contributed by atoms with van der Waals surface area (Å²) in [6.07, 6.45) is 0. The van der Waals surface area contributed by atoms with Crippen LogP contribution in [0.5, 0.6) is 0 Å². The van der Waals surface area contributed by atoms with Crippen molar-refractivity contribution in [2.45, 2.75) is 13.0 Å². The summed E-state index contributed by atoms with van der Waals surface area (Å²) in [5.41, 5.74) is 1.19. The number of anilines is 1. The number of carbonyl (C=O) groups is 3. The first-order valence-electron chi connectivity index (χ1n) is 9.61. The number of ketones is 1. The van der Waals surface area contributed by atoms with Crippen molar-refractivity contribution in [3.05, 3.63) is 85.3 Å². The highest BCUT2D eigenvalue weighted by Crippen LogP contribution is 2.44. The predicted molar refractivity (Wildman–Crippen MR) is 129 cm³/mol. The van der Waals surface area contributed by atoms with Gasteiger partial charge in [-0.2, -0.15) is 0 Å². The van der Waals surface area contributed by atoms with Gasteiger partial charge in [0.1, 0.15) is 10.6 Å². The summed E-state index contributed by atoms with van der Waals surface area (Å²) in [6, 6.07) is 12.4. The number of rotatable bonds is 4. The van der Waals surface area contributed by atoms with Crippen molar-refractivity contribution in [1.82, 2.24) is 4.98 Å². The predicted octanol–water partition coefficient (Wildman–Crippen LogP) is 5.28. The molecule has 7 nitrogen and oxygen atoms in total. The first-order chi connectivity index (χ1) is 15.7. The number of halogens is 2. The Kier molecular flexibility index (Phi) is 6.38. The van der Waals surface area contributed by atoms with Gasteiger partial charge in [0.15, 0.2) is 5.13 Å². The van der Waals surface area contributed by atoms with Gasteiger partial charge in [-0.05, 0) is 48.9 Å². The fourth-order valence-electron chi connectivity index (χ4n) is 3.55. The standard InChI is InChI=1S/C23H16BrClN2O5S/c1-11-20(22(31)32-2)33-23(26-11)27-17(13-4-3-5-14(24)10-13)16(19(29)21(27)30)18(28)12-6-8-15(25)9-7-12/h3-10,17,28H,1-2H3/b18-16+/t17-/m1/s1. The SMILES string of the molecule is COC(=O)c1sc(N2C(=O)C(=O)/C(=C(/O)c3ccc(Cl)cc3)[C@H]2c2cccc(Br)c2)nc1C. The van der Waals surface area contributed by atoms with Crippen LogP contribution < -0.4 is 4.90 Å². The third-order valence-corrected chi connectivity index (χ3v) is 6.97. The van der Waals surface area contributed by atoms with E-state index in [2.05, 4.69) is 20.9 Å². The Labute approximate surface area is 206 Å². The van der Waals surface area contributed by atoms with Gasteiger partial charge in [0.25, 0.3) is 5.78 Å². The molecule has 1 aromatic heterocycles. The lowest BCUT2D eigenvalue weighted by atomic mass is 9.95. The molecule has 1 saturated heterocycles. The maximum atomic E-state index is 13.2. The summed E-state index contributed by atoms with van der Waals surface area (Å²) >= 11 is 10.3. The van der Waals surface area contributed by atoms with Gasteiger partial charge in [-0.25, -0.2) is 9.78 Å². The lowest BCUT2D eigenvalue weighted by molar-refractivity contribution is -0.132. The lowest BCUT2D eigenvalue weighted by Crippen LogP contribution is -2.29. The summed E-state index contributed by atoms with van der Waals surface area (Å²) in [4.78, 5) is 44.2. The Morgan fingerprint density at radius 2 is 1.91 bits per heavy atom. The van der Waals surface area contributed by atoms with Gasteiger partial charge >= 0.3 is 11.9 Å². The van der Waals surface area contributed by atoms with Gasteiger partial charge in [-0.3, -0.25) is 14.5 Å². The largest absolute Gasteiger partial charge is 0.507 e. The number of thiazole rings is 1. The zero-order chi connectivity index (χ0) is 23.9. The maximum Gasteiger partial charge on any atom is 0.350 e. The molecule has 2 aromatic carbocycles. The molecule has 0 saturated carbocycles. The van der Waals surface area contributed by atoms with Crippen LogP contribution in [0.15, 0.2) is 58.6 Å². The summed E-state index contributed by atoms with van der Waals surface area (Å²) in [7, 11) is 1.25. The Bertz CT molecular complexity index is 1320. The van der Waals surface area contributed by atoms with E-state index in [4.69, 9.17) is 16.3 Å². The molecular formula is C23H16BrClN2O5S. The van der Waals surface area contributed by atoms with E-state index < -0.39 is 23.7 Å². The number of nitrogens with zero attached hydrogens (tertiary/aromatic N) is 2. The molecule has 33 heavy (non-hydrogen) atoms. The van der Waals surface area contributed by atoms with Crippen LogP contribution in [0.1, 0.15) is 32.5 Å². The molecule has 2 heterocycles. The van der Waals surface area contributed by atoms with Crippen molar-refractivity contribution < 1.29 is 24.2 Å². The molecule has 168 valence electrons. The van der Waals surface area contributed by atoms with E-state index in [9.17, 15) is 19.5 Å². The molecule has 1 amide bonds. The molecule has 4 rings (SSSR count). The van der Waals surface area contributed by atoms with Crippen LogP contribution in [0.3, 0.4) is 0 Å². The average Bonchev–Trinajstić information content (AvgIpc) is 3.30. The van der Waals surface area contributed by atoms with Gasteiger partial charge in [-0.1, -0.05) is 51.0 Å². The van der Waals surface area contributed by atoms with Crippen molar-refractivity contribution in [3.63, 3.8) is 0 Å². The number of aromatic nitrogens is 1. The summed E-state index contributed by atoms with van der Waals surface area (Å²) < 4.78 is 5.51. The number of esters is 1. The highest BCUT2D eigenvalue weighted by atomic mass is 79.9. The van der Waals surface area contributed by atoms with E-state index in [1.807, 2.05) is 0 Å². The van der Waals surface area contributed by atoms with E-state index in [1.165, 1.54) is 12.0 Å². The van der Waals surface area contributed by atoms with Crippen LogP contribution in [0, 0.1) is 6.92 Å². The topological polar surface area (TPSA) is 96.8 Å². The van der Waals surface area contributed by atoms with Crippen LogP contribution in [0.2, 0.25) is 5.02 Å². The molecule has 3 aromatic rings. The van der Waals surface area contributed by atoms with Gasteiger partial charge in [0, 0.05) is 15.1 Å².